The zero-order chi connectivity index (χ0) is 11.9. The molecule has 0 atom stereocenters. The minimum Gasteiger partial charge on any atom is -0.321 e. The molecule has 0 saturated carbocycles. The second-order valence-corrected chi connectivity index (χ2v) is 3.96. The summed E-state index contributed by atoms with van der Waals surface area (Å²) >= 11 is 0. The number of aromatic nitrogens is 4. The van der Waals surface area contributed by atoms with Crippen molar-refractivity contribution in [1.29, 1.82) is 0 Å². The Morgan fingerprint density at radius 3 is 2.65 bits per heavy atom. The smallest absolute Gasteiger partial charge is 0.133 e. The van der Waals surface area contributed by atoms with Gasteiger partial charge in [0.1, 0.15) is 12.2 Å². The Labute approximate surface area is 101 Å². The third kappa shape index (κ3) is 3.64. The van der Waals surface area contributed by atoms with Crippen LogP contribution < -0.4 is 5.32 Å². The lowest BCUT2D eigenvalue weighted by Gasteiger charge is -2.04. The first-order chi connectivity index (χ1) is 8.36. The summed E-state index contributed by atoms with van der Waals surface area (Å²) in [4.78, 5) is 3.99. The zero-order valence-corrected chi connectivity index (χ0v) is 10.0. The van der Waals surface area contributed by atoms with Crippen LogP contribution in [0.15, 0.2) is 30.9 Å². The maximum absolute atomic E-state index is 4.04. The Balaban J connectivity index is 1.63. The van der Waals surface area contributed by atoms with Crippen molar-refractivity contribution < 1.29 is 0 Å². The van der Waals surface area contributed by atoms with Crippen LogP contribution in [0.1, 0.15) is 11.4 Å². The monoisotopic (exact) mass is 231 g/mol. The van der Waals surface area contributed by atoms with E-state index in [4.69, 9.17) is 0 Å². The summed E-state index contributed by atoms with van der Waals surface area (Å²) in [5, 5.41) is 11.3. The van der Waals surface area contributed by atoms with Crippen LogP contribution in [-0.4, -0.2) is 32.8 Å². The molecule has 0 unspecified atom stereocenters. The molecule has 0 bridgehead atoms. The third-order valence-corrected chi connectivity index (χ3v) is 2.67. The molecule has 17 heavy (non-hydrogen) atoms. The molecule has 2 aromatic heterocycles. The molecule has 0 spiro atoms. The van der Waals surface area contributed by atoms with E-state index in [0.717, 1.165) is 31.8 Å². The number of rotatable bonds is 6. The van der Waals surface area contributed by atoms with E-state index in [1.165, 1.54) is 5.56 Å². The summed E-state index contributed by atoms with van der Waals surface area (Å²) in [5.41, 5.74) is 1.31. The highest BCUT2D eigenvalue weighted by Gasteiger charge is 1.99. The predicted molar refractivity (Wildman–Crippen MR) is 65.5 cm³/mol. The van der Waals surface area contributed by atoms with Gasteiger partial charge in [-0.3, -0.25) is 4.98 Å². The van der Waals surface area contributed by atoms with Gasteiger partial charge in [0.15, 0.2) is 0 Å². The third-order valence-electron chi connectivity index (χ3n) is 2.67. The van der Waals surface area contributed by atoms with Gasteiger partial charge in [-0.15, -0.1) is 10.2 Å². The molecule has 0 aliphatic rings. The first-order valence-electron chi connectivity index (χ1n) is 5.79. The van der Waals surface area contributed by atoms with E-state index in [0.29, 0.717) is 0 Å². The van der Waals surface area contributed by atoms with Gasteiger partial charge in [-0.1, -0.05) is 0 Å². The van der Waals surface area contributed by atoms with Crippen LogP contribution in [0.5, 0.6) is 0 Å². The van der Waals surface area contributed by atoms with Crippen LogP contribution in [0, 0.1) is 0 Å². The van der Waals surface area contributed by atoms with Crippen molar-refractivity contribution in [2.24, 2.45) is 7.05 Å². The molecular weight excluding hydrogens is 214 g/mol. The van der Waals surface area contributed by atoms with E-state index in [-0.39, 0.29) is 0 Å². The molecular formula is C12H17N5. The molecule has 0 saturated heterocycles. The molecule has 90 valence electrons. The number of hydrogen-bond acceptors (Lipinski definition) is 4. The SMILES string of the molecule is Cn1cnnc1CCNCCc1ccncc1. The molecule has 0 amide bonds. The highest BCUT2D eigenvalue weighted by molar-refractivity contribution is 5.09. The summed E-state index contributed by atoms with van der Waals surface area (Å²) in [7, 11) is 1.96. The molecule has 5 nitrogen and oxygen atoms in total. The van der Waals surface area contributed by atoms with Gasteiger partial charge >= 0.3 is 0 Å². The second kappa shape index (κ2) is 6.10. The molecule has 0 aliphatic heterocycles. The summed E-state index contributed by atoms with van der Waals surface area (Å²) in [6.07, 6.45) is 7.32. The Morgan fingerprint density at radius 2 is 1.94 bits per heavy atom. The Bertz CT molecular complexity index is 437. The van der Waals surface area contributed by atoms with Crippen molar-refractivity contribution in [3.05, 3.63) is 42.2 Å². The molecule has 2 heterocycles. The minimum atomic E-state index is 0.910. The van der Waals surface area contributed by atoms with Gasteiger partial charge in [0.05, 0.1) is 0 Å². The van der Waals surface area contributed by atoms with E-state index in [1.54, 1.807) is 6.33 Å². The first kappa shape index (κ1) is 11.7. The topological polar surface area (TPSA) is 55.6 Å². The van der Waals surface area contributed by atoms with Crippen LogP contribution in [0.25, 0.3) is 0 Å². The van der Waals surface area contributed by atoms with Crippen molar-refractivity contribution in [1.82, 2.24) is 25.1 Å². The molecule has 2 rings (SSSR count). The lowest BCUT2D eigenvalue weighted by atomic mass is 10.2. The van der Waals surface area contributed by atoms with Gasteiger partial charge < -0.3 is 9.88 Å². The Morgan fingerprint density at radius 1 is 1.18 bits per heavy atom. The maximum atomic E-state index is 4.04. The molecule has 0 radical (unpaired) electrons. The highest BCUT2D eigenvalue weighted by atomic mass is 15.2. The number of hydrogen-bond donors (Lipinski definition) is 1. The molecule has 1 N–H and O–H groups in total. The van der Waals surface area contributed by atoms with Crippen LogP contribution >= 0.6 is 0 Å². The largest absolute Gasteiger partial charge is 0.321 e. The van der Waals surface area contributed by atoms with E-state index >= 15 is 0 Å². The van der Waals surface area contributed by atoms with Gasteiger partial charge in [0.25, 0.3) is 0 Å². The molecule has 0 aromatic carbocycles. The lowest BCUT2D eigenvalue weighted by molar-refractivity contribution is 0.651. The van der Waals surface area contributed by atoms with Crippen molar-refractivity contribution in [2.45, 2.75) is 12.8 Å². The van der Waals surface area contributed by atoms with Gasteiger partial charge in [-0.2, -0.15) is 0 Å². The fraction of sp³-hybridized carbons (Fsp3) is 0.417. The number of pyridine rings is 1. The summed E-state index contributed by atoms with van der Waals surface area (Å²) in [6.45, 7) is 1.90. The zero-order valence-electron chi connectivity index (χ0n) is 10.0. The summed E-state index contributed by atoms with van der Waals surface area (Å²) in [5.74, 6) is 1.02. The van der Waals surface area contributed by atoms with Crippen molar-refractivity contribution >= 4 is 0 Å². The fourth-order valence-electron chi connectivity index (χ4n) is 1.64. The average molecular weight is 231 g/mol. The van der Waals surface area contributed by atoms with E-state index in [1.807, 2.05) is 36.1 Å². The molecule has 0 aliphatic carbocycles. The van der Waals surface area contributed by atoms with Crippen molar-refractivity contribution in [2.75, 3.05) is 13.1 Å². The fourth-order valence-corrected chi connectivity index (χ4v) is 1.64. The van der Waals surface area contributed by atoms with Crippen LogP contribution in [0.3, 0.4) is 0 Å². The van der Waals surface area contributed by atoms with Crippen LogP contribution in [0.2, 0.25) is 0 Å². The number of nitrogens with zero attached hydrogens (tertiary/aromatic N) is 4. The normalized spacial score (nSPS) is 10.6. The summed E-state index contributed by atoms with van der Waals surface area (Å²) in [6, 6.07) is 4.09. The number of nitrogens with one attached hydrogen (secondary N) is 1. The van der Waals surface area contributed by atoms with Crippen LogP contribution in [-0.2, 0) is 19.9 Å². The molecule has 0 fully saturated rings. The van der Waals surface area contributed by atoms with Crippen molar-refractivity contribution in [3.63, 3.8) is 0 Å². The second-order valence-electron chi connectivity index (χ2n) is 3.96. The quantitative estimate of drug-likeness (QED) is 0.739. The molecule has 2 aromatic rings. The Kier molecular flexibility index (Phi) is 4.21. The van der Waals surface area contributed by atoms with Gasteiger partial charge in [-0.05, 0) is 30.7 Å². The van der Waals surface area contributed by atoms with E-state index in [9.17, 15) is 0 Å². The minimum absolute atomic E-state index is 0.910. The lowest BCUT2D eigenvalue weighted by Crippen LogP contribution is -2.21. The van der Waals surface area contributed by atoms with E-state index < -0.39 is 0 Å². The first-order valence-corrected chi connectivity index (χ1v) is 5.79. The predicted octanol–water partition coefficient (Wildman–Crippen LogP) is 0.585. The number of aryl methyl sites for hydroxylation is 1. The van der Waals surface area contributed by atoms with Gasteiger partial charge in [-0.25, -0.2) is 0 Å². The Hall–Kier alpha value is -1.75. The average Bonchev–Trinajstić information content (AvgIpc) is 2.76. The van der Waals surface area contributed by atoms with Gasteiger partial charge in [0.2, 0.25) is 0 Å². The molecule has 5 heteroatoms. The van der Waals surface area contributed by atoms with E-state index in [2.05, 4.69) is 20.5 Å². The van der Waals surface area contributed by atoms with Crippen molar-refractivity contribution in [3.8, 4) is 0 Å². The highest BCUT2D eigenvalue weighted by Crippen LogP contribution is 1.96. The summed E-state index contributed by atoms with van der Waals surface area (Å²) < 4.78 is 1.95. The van der Waals surface area contributed by atoms with Crippen LogP contribution in [0.4, 0.5) is 0 Å². The standard InChI is InChI=1S/C12H17N5/c1-17-10-15-16-12(17)5-9-14-8-4-11-2-6-13-7-3-11/h2-3,6-7,10,14H,4-5,8-9H2,1H3. The van der Waals surface area contributed by atoms with Gasteiger partial charge in [0, 0.05) is 32.4 Å². The maximum Gasteiger partial charge on any atom is 0.133 e.